The van der Waals surface area contributed by atoms with Gasteiger partial charge in [0.15, 0.2) is 0 Å². The second-order valence-corrected chi connectivity index (χ2v) is 4.61. The van der Waals surface area contributed by atoms with Crippen molar-refractivity contribution in [2.75, 3.05) is 46.2 Å². The Morgan fingerprint density at radius 3 is 2.53 bits per heavy atom. The molecule has 5 nitrogen and oxygen atoms in total. The summed E-state index contributed by atoms with van der Waals surface area (Å²) in [4.78, 5) is 13.8. The third-order valence-corrected chi connectivity index (χ3v) is 2.62. The van der Waals surface area contributed by atoms with E-state index in [1.165, 1.54) is 0 Å². The molecule has 2 N–H and O–H groups in total. The zero-order valence-electron chi connectivity index (χ0n) is 11.9. The molecule has 0 bridgehead atoms. The highest BCUT2D eigenvalue weighted by Gasteiger charge is 2.01. The molecule has 0 fully saturated rings. The smallest absolute Gasteiger partial charge is 0.238 e. The van der Waals surface area contributed by atoms with Crippen LogP contribution in [-0.4, -0.2) is 51.6 Å². The Morgan fingerprint density at radius 2 is 1.95 bits per heavy atom. The van der Waals surface area contributed by atoms with Crippen LogP contribution in [0.4, 0.5) is 5.69 Å². The molecule has 0 heterocycles. The van der Waals surface area contributed by atoms with Gasteiger partial charge >= 0.3 is 0 Å². The maximum absolute atomic E-state index is 11.6. The molecule has 0 spiro atoms. The van der Waals surface area contributed by atoms with Crippen LogP contribution >= 0.6 is 0 Å². The molecule has 1 amide bonds. The lowest BCUT2D eigenvalue weighted by atomic mass is 10.3. The van der Waals surface area contributed by atoms with E-state index in [-0.39, 0.29) is 5.91 Å². The Hall–Kier alpha value is -1.59. The topological polar surface area (TPSA) is 53.6 Å². The van der Waals surface area contributed by atoms with Crippen LogP contribution in [-0.2, 0) is 4.79 Å². The van der Waals surface area contributed by atoms with Gasteiger partial charge in [0.25, 0.3) is 0 Å². The van der Waals surface area contributed by atoms with Crippen LogP contribution in [0, 0.1) is 0 Å². The van der Waals surface area contributed by atoms with Crippen molar-refractivity contribution in [3.63, 3.8) is 0 Å². The van der Waals surface area contributed by atoms with E-state index in [1.54, 1.807) is 7.11 Å². The molecule has 0 aliphatic rings. The summed E-state index contributed by atoms with van der Waals surface area (Å²) in [5, 5.41) is 5.95. The number of carbonyl (C=O) groups is 1. The van der Waals surface area contributed by atoms with Crippen molar-refractivity contribution in [2.24, 2.45) is 0 Å². The van der Waals surface area contributed by atoms with Crippen LogP contribution in [0.15, 0.2) is 24.3 Å². The lowest BCUT2D eigenvalue weighted by molar-refractivity contribution is -0.115. The number of rotatable bonds is 8. The van der Waals surface area contributed by atoms with Gasteiger partial charge in [0.1, 0.15) is 5.75 Å². The van der Waals surface area contributed by atoms with Gasteiger partial charge in [-0.1, -0.05) is 0 Å². The molecular formula is C14H23N3O2. The zero-order chi connectivity index (χ0) is 14.1. The van der Waals surface area contributed by atoms with Crippen molar-refractivity contribution in [1.29, 1.82) is 0 Å². The maximum Gasteiger partial charge on any atom is 0.238 e. The fraction of sp³-hybridized carbons (Fsp3) is 0.500. The molecule has 1 aromatic rings. The Balaban J connectivity index is 2.19. The Morgan fingerprint density at radius 1 is 1.26 bits per heavy atom. The quantitative estimate of drug-likeness (QED) is 0.693. The summed E-state index contributed by atoms with van der Waals surface area (Å²) in [5.74, 6) is 0.745. The summed E-state index contributed by atoms with van der Waals surface area (Å²) in [7, 11) is 5.69. The first kappa shape index (κ1) is 15.5. The van der Waals surface area contributed by atoms with Gasteiger partial charge in [-0.05, 0) is 57.9 Å². The van der Waals surface area contributed by atoms with Crippen molar-refractivity contribution >= 4 is 11.6 Å². The molecule has 106 valence electrons. The molecule has 0 aliphatic carbocycles. The Kier molecular flexibility index (Phi) is 6.92. The number of hydrogen-bond acceptors (Lipinski definition) is 4. The van der Waals surface area contributed by atoms with Crippen molar-refractivity contribution in [3.05, 3.63) is 24.3 Å². The van der Waals surface area contributed by atoms with Crippen molar-refractivity contribution in [3.8, 4) is 5.75 Å². The molecule has 1 rings (SSSR count). The number of ether oxygens (including phenoxy) is 1. The monoisotopic (exact) mass is 265 g/mol. The molecule has 0 unspecified atom stereocenters. The normalized spacial score (nSPS) is 10.5. The minimum atomic E-state index is -0.0324. The zero-order valence-corrected chi connectivity index (χ0v) is 11.9. The van der Waals surface area contributed by atoms with E-state index < -0.39 is 0 Å². The summed E-state index contributed by atoms with van der Waals surface area (Å²) in [6.45, 7) is 2.20. The second kappa shape index (κ2) is 8.50. The van der Waals surface area contributed by atoms with Crippen molar-refractivity contribution in [2.45, 2.75) is 6.42 Å². The highest BCUT2D eigenvalue weighted by atomic mass is 16.5. The van der Waals surface area contributed by atoms with E-state index in [1.807, 2.05) is 38.4 Å². The van der Waals surface area contributed by atoms with Crippen LogP contribution < -0.4 is 15.4 Å². The van der Waals surface area contributed by atoms with Crippen LogP contribution in [0.25, 0.3) is 0 Å². The first-order valence-electron chi connectivity index (χ1n) is 6.41. The van der Waals surface area contributed by atoms with E-state index >= 15 is 0 Å². The summed E-state index contributed by atoms with van der Waals surface area (Å²) in [5.41, 5.74) is 0.779. The number of amides is 1. The highest BCUT2D eigenvalue weighted by molar-refractivity contribution is 5.92. The van der Waals surface area contributed by atoms with Gasteiger partial charge in [-0.3, -0.25) is 4.79 Å². The molecule has 0 radical (unpaired) electrons. The van der Waals surface area contributed by atoms with Crippen LogP contribution in [0.3, 0.4) is 0 Å². The summed E-state index contributed by atoms with van der Waals surface area (Å²) in [6.07, 6.45) is 1.03. The molecule has 0 saturated heterocycles. The largest absolute Gasteiger partial charge is 0.497 e. The van der Waals surface area contributed by atoms with Crippen LogP contribution in [0.5, 0.6) is 5.75 Å². The van der Waals surface area contributed by atoms with E-state index in [2.05, 4.69) is 15.5 Å². The number of anilines is 1. The third kappa shape index (κ3) is 6.79. The van der Waals surface area contributed by atoms with Crippen molar-refractivity contribution in [1.82, 2.24) is 10.2 Å². The van der Waals surface area contributed by atoms with E-state index in [0.717, 1.165) is 30.9 Å². The second-order valence-electron chi connectivity index (χ2n) is 4.61. The minimum Gasteiger partial charge on any atom is -0.497 e. The molecule has 0 aromatic heterocycles. The summed E-state index contributed by atoms with van der Waals surface area (Å²) >= 11 is 0. The van der Waals surface area contributed by atoms with Gasteiger partial charge < -0.3 is 20.3 Å². The molecule has 5 heteroatoms. The fourth-order valence-electron chi connectivity index (χ4n) is 1.60. The molecular weight excluding hydrogens is 242 g/mol. The Labute approximate surface area is 114 Å². The number of nitrogens with one attached hydrogen (secondary N) is 2. The van der Waals surface area contributed by atoms with E-state index in [0.29, 0.717) is 6.54 Å². The van der Waals surface area contributed by atoms with Gasteiger partial charge in [-0.25, -0.2) is 0 Å². The van der Waals surface area contributed by atoms with Gasteiger partial charge in [-0.15, -0.1) is 0 Å². The average Bonchev–Trinajstić information content (AvgIpc) is 2.39. The number of carbonyl (C=O) groups excluding carboxylic acids is 1. The minimum absolute atomic E-state index is 0.0324. The SMILES string of the molecule is COc1ccc(NC(=O)CNCCCN(C)C)cc1. The number of nitrogens with zero attached hydrogens (tertiary/aromatic N) is 1. The Bertz CT molecular complexity index is 377. The highest BCUT2D eigenvalue weighted by Crippen LogP contribution is 2.14. The van der Waals surface area contributed by atoms with Gasteiger partial charge in [0.2, 0.25) is 5.91 Å². The third-order valence-electron chi connectivity index (χ3n) is 2.62. The predicted molar refractivity (Wildman–Crippen MR) is 77.7 cm³/mol. The number of hydrogen-bond donors (Lipinski definition) is 2. The van der Waals surface area contributed by atoms with E-state index in [9.17, 15) is 4.79 Å². The molecule has 0 atom stereocenters. The van der Waals surface area contributed by atoms with Gasteiger partial charge in [-0.2, -0.15) is 0 Å². The van der Waals surface area contributed by atoms with E-state index in [4.69, 9.17) is 4.74 Å². The molecule has 0 saturated carbocycles. The summed E-state index contributed by atoms with van der Waals surface area (Å²) < 4.78 is 5.06. The van der Waals surface area contributed by atoms with Gasteiger partial charge in [0, 0.05) is 5.69 Å². The fourth-order valence-corrected chi connectivity index (χ4v) is 1.60. The first-order valence-corrected chi connectivity index (χ1v) is 6.41. The lowest BCUT2D eigenvalue weighted by Crippen LogP contribution is -2.30. The summed E-state index contributed by atoms with van der Waals surface area (Å²) in [6, 6.07) is 7.28. The van der Waals surface area contributed by atoms with Gasteiger partial charge in [0.05, 0.1) is 13.7 Å². The molecule has 0 aliphatic heterocycles. The van der Waals surface area contributed by atoms with Crippen molar-refractivity contribution < 1.29 is 9.53 Å². The van der Waals surface area contributed by atoms with Crippen LogP contribution in [0.2, 0.25) is 0 Å². The predicted octanol–water partition coefficient (Wildman–Crippen LogP) is 1.17. The number of benzene rings is 1. The maximum atomic E-state index is 11.6. The number of methoxy groups -OCH3 is 1. The molecule has 1 aromatic carbocycles. The average molecular weight is 265 g/mol. The first-order chi connectivity index (χ1) is 9.11. The standard InChI is InChI=1S/C14H23N3O2/c1-17(2)10-4-9-15-11-14(18)16-12-5-7-13(19-3)8-6-12/h5-8,15H,4,9-11H2,1-3H3,(H,16,18). The molecule has 19 heavy (non-hydrogen) atoms. The lowest BCUT2D eigenvalue weighted by Gasteiger charge is -2.10. The van der Waals surface area contributed by atoms with Crippen LogP contribution in [0.1, 0.15) is 6.42 Å².